The minimum Gasteiger partial charge on any atom is -0.308 e. The number of benzene rings is 7. The van der Waals surface area contributed by atoms with Crippen molar-refractivity contribution in [2.75, 3.05) is 0 Å². The standard InChI is InChI=1S/C52H26N8/c1-56-38-14-18-39(37(24-38)30-54)34-12-16-43-41-7-3-5-9-47(41)59(49(43)25-34)51-27-36(33-19-21-58-22-20-33)28-52(45(51)31-55)60-48-10-6-4-8-42(48)44-17-13-35(26-50(44)60)40-15-11-32(29-53)23-46(40)57-2/h3-28H. The quantitative estimate of drug-likeness (QED) is 0.163. The van der Waals surface area contributed by atoms with E-state index in [1.807, 2.05) is 60.7 Å². The molecule has 0 radical (unpaired) electrons. The average molecular weight is 763 g/mol. The molecule has 0 aliphatic heterocycles. The van der Waals surface area contributed by atoms with E-state index in [2.05, 4.69) is 103 Å². The lowest BCUT2D eigenvalue weighted by atomic mass is 9.98. The van der Waals surface area contributed by atoms with Crippen LogP contribution in [0.3, 0.4) is 0 Å². The maximum absolute atomic E-state index is 11.4. The molecule has 3 aromatic heterocycles. The van der Waals surface area contributed by atoms with Gasteiger partial charge < -0.3 is 9.13 Å². The predicted octanol–water partition coefficient (Wildman–Crippen LogP) is 13.0. The highest BCUT2D eigenvalue weighted by Crippen LogP contribution is 2.43. The van der Waals surface area contributed by atoms with Gasteiger partial charge in [-0.15, -0.1) is 0 Å². The Labute approximate surface area is 344 Å². The number of hydrogen-bond donors (Lipinski definition) is 0. The second-order valence-corrected chi connectivity index (χ2v) is 14.3. The Bertz CT molecular complexity index is 3450. The molecule has 0 fully saturated rings. The van der Waals surface area contributed by atoms with Crippen LogP contribution in [-0.2, 0) is 0 Å². The summed E-state index contributed by atoms with van der Waals surface area (Å²) >= 11 is 0. The monoisotopic (exact) mass is 762 g/mol. The highest BCUT2D eigenvalue weighted by Gasteiger charge is 2.23. The van der Waals surface area contributed by atoms with Crippen LogP contribution in [0.4, 0.5) is 11.4 Å². The van der Waals surface area contributed by atoms with Gasteiger partial charge in [0.25, 0.3) is 0 Å². The van der Waals surface area contributed by atoms with Crippen LogP contribution >= 0.6 is 0 Å². The van der Waals surface area contributed by atoms with Gasteiger partial charge in [-0.2, -0.15) is 15.8 Å². The maximum Gasteiger partial charge on any atom is 0.196 e. The lowest BCUT2D eigenvalue weighted by molar-refractivity contribution is 1.12. The van der Waals surface area contributed by atoms with Crippen molar-refractivity contribution in [3.8, 4) is 63.0 Å². The minimum atomic E-state index is 0.380. The SMILES string of the molecule is [C-]#[N+]c1ccc(-c2ccc3c4ccccc4n(-c4cc(-c5ccncc5)cc(-n5c6ccccc6c6ccc(-c7ccc(C#N)cc7[N+]#[C-])cc65)c4C#N)c3c2)c(C#N)c1. The van der Waals surface area contributed by atoms with Crippen molar-refractivity contribution in [2.24, 2.45) is 0 Å². The molecule has 0 saturated heterocycles. The van der Waals surface area contributed by atoms with Crippen molar-refractivity contribution in [1.29, 1.82) is 15.8 Å². The van der Waals surface area contributed by atoms with E-state index in [1.54, 1.807) is 36.7 Å². The van der Waals surface area contributed by atoms with Gasteiger partial charge in [-0.25, -0.2) is 9.69 Å². The van der Waals surface area contributed by atoms with Crippen molar-refractivity contribution in [3.05, 3.63) is 198 Å². The molecule has 10 rings (SSSR count). The smallest absolute Gasteiger partial charge is 0.196 e. The van der Waals surface area contributed by atoms with Gasteiger partial charge in [0.1, 0.15) is 11.6 Å². The molecule has 0 bridgehead atoms. The summed E-state index contributed by atoms with van der Waals surface area (Å²) in [7, 11) is 0. The number of para-hydroxylation sites is 2. The van der Waals surface area contributed by atoms with Gasteiger partial charge in [0.2, 0.25) is 0 Å². The van der Waals surface area contributed by atoms with E-state index in [0.717, 1.165) is 65.9 Å². The van der Waals surface area contributed by atoms with Crippen LogP contribution in [0.2, 0.25) is 0 Å². The molecule has 274 valence electrons. The molecule has 10 aromatic rings. The van der Waals surface area contributed by atoms with Crippen molar-refractivity contribution in [1.82, 2.24) is 14.1 Å². The van der Waals surface area contributed by atoms with Crippen LogP contribution in [0.25, 0.3) is 98.1 Å². The van der Waals surface area contributed by atoms with E-state index in [1.165, 1.54) is 0 Å². The molecular formula is C52H26N8. The third-order valence-electron chi connectivity index (χ3n) is 11.2. The summed E-state index contributed by atoms with van der Waals surface area (Å²) in [6.45, 7) is 15.4. The Kier molecular flexibility index (Phi) is 8.23. The van der Waals surface area contributed by atoms with E-state index in [4.69, 9.17) is 13.1 Å². The zero-order valence-electron chi connectivity index (χ0n) is 31.6. The number of rotatable bonds is 5. The lowest BCUT2D eigenvalue weighted by Crippen LogP contribution is -2.05. The van der Waals surface area contributed by atoms with Gasteiger partial charge in [0.05, 0.1) is 58.7 Å². The number of nitriles is 3. The minimum absolute atomic E-state index is 0.380. The van der Waals surface area contributed by atoms with Crippen molar-refractivity contribution in [2.45, 2.75) is 0 Å². The van der Waals surface area contributed by atoms with E-state index in [0.29, 0.717) is 50.6 Å². The average Bonchev–Trinajstić information content (AvgIpc) is 3.82. The first-order valence-corrected chi connectivity index (χ1v) is 18.9. The molecule has 0 unspecified atom stereocenters. The Morgan fingerprint density at radius 2 is 1.05 bits per heavy atom. The Hall–Kier alpha value is -9.26. The molecule has 60 heavy (non-hydrogen) atoms. The van der Waals surface area contributed by atoms with Gasteiger partial charge in [-0.3, -0.25) is 4.98 Å². The van der Waals surface area contributed by atoms with Crippen molar-refractivity contribution < 1.29 is 0 Å². The van der Waals surface area contributed by atoms with Crippen LogP contribution in [0.15, 0.2) is 158 Å². The van der Waals surface area contributed by atoms with Crippen LogP contribution in [-0.4, -0.2) is 14.1 Å². The van der Waals surface area contributed by atoms with Crippen LogP contribution in [0.1, 0.15) is 16.7 Å². The zero-order chi connectivity index (χ0) is 40.9. The highest BCUT2D eigenvalue weighted by atomic mass is 15.0. The Morgan fingerprint density at radius 3 is 1.62 bits per heavy atom. The van der Waals surface area contributed by atoms with E-state index >= 15 is 0 Å². The number of hydrogen-bond acceptors (Lipinski definition) is 4. The summed E-state index contributed by atoms with van der Waals surface area (Å²) in [4.78, 5) is 11.6. The number of pyridine rings is 1. The van der Waals surface area contributed by atoms with E-state index in [9.17, 15) is 15.8 Å². The largest absolute Gasteiger partial charge is 0.308 e. The fourth-order valence-electron chi connectivity index (χ4n) is 8.47. The molecule has 8 nitrogen and oxygen atoms in total. The van der Waals surface area contributed by atoms with Gasteiger partial charge >= 0.3 is 0 Å². The fraction of sp³-hybridized carbons (Fsp3) is 0. The summed E-state index contributed by atoms with van der Waals surface area (Å²) in [5, 5.41) is 35.1. The van der Waals surface area contributed by atoms with Crippen LogP contribution in [0, 0.1) is 47.1 Å². The molecule has 3 heterocycles. The molecule has 0 N–H and O–H groups in total. The Balaban J connectivity index is 1.32. The Morgan fingerprint density at radius 1 is 0.467 bits per heavy atom. The first-order valence-electron chi connectivity index (χ1n) is 18.9. The molecule has 0 spiro atoms. The molecule has 0 aliphatic carbocycles. The molecule has 8 heteroatoms. The van der Waals surface area contributed by atoms with Gasteiger partial charge in [0, 0.05) is 45.1 Å². The third kappa shape index (κ3) is 5.45. The fourth-order valence-corrected chi connectivity index (χ4v) is 8.47. The van der Waals surface area contributed by atoms with Crippen LogP contribution < -0.4 is 0 Å². The topological polar surface area (TPSA) is 103 Å². The molecule has 0 saturated carbocycles. The first-order chi connectivity index (χ1) is 29.5. The van der Waals surface area contributed by atoms with E-state index in [-0.39, 0.29) is 0 Å². The summed E-state index contributed by atoms with van der Waals surface area (Å²) in [6.07, 6.45) is 3.51. The maximum atomic E-state index is 11.4. The summed E-state index contributed by atoms with van der Waals surface area (Å²) < 4.78 is 4.28. The zero-order valence-corrected chi connectivity index (χ0v) is 31.6. The van der Waals surface area contributed by atoms with Gasteiger partial charge in [-0.05, 0) is 100 Å². The second-order valence-electron chi connectivity index (χ2n) is 14.3. The molecule has 0 aliphatic rings. The van der Waals surface area contributed by atoms with Gasteiger partial charge in [0.15, 0.2) is 11.4 Å². The van der Waals surface area contributed by atoms with Crippen LogP contribution in [0.5, 0.6) is 0 Å². The highest BCUT2D eigenvalue weighted by molar-refractivity contribution is 6.12. The summed E-state index contributed by atoms with van der Waals surface area (Å²) in [6, 6.07) is 53.9. The lowest BCUT2D eigenvalue weighted by Gasteiger charge is -2.19. The van der Waals surface area contributed by atoms with Crippen molar-refractivity contribution in [3.63, 3.8) is 0 Å². The number of fused-ring (bicyclic) bond motifs is 6. The normalized spacial score (nSPS) is 10.9. The summed E-state index contributed by atoms with van der Waals surface area (Å²) in [5.74, 6) is 0. The predicted molar refractivity (Wildman–Crippen MR) is 236 cm³/mol. The third-order valence-corrected chi connectivity index (χ3v) is 11.2. The molecule has 0 amide bonds. The van der Waals surface area contributed by atoms with E-state index < -0.39 is 0 Å². The summed E-state index contributed by atoms with van der Waals surface area (Å²) in [5.41, 5.74) is 11.7. The number of nitrogens with zero attached hydrogens (tertiary/aromatic N) is 8. The first kappa shape index (κ1) is 35.2. The number of aromatic nitrogens is 3. The molecule has 0 atom stereocenters. The van der Waals surface area contributed by atoms with Gasteiger partial charge in [-0.1, -0.05) is 78.9 Å². The molecule has 7 aromatic carbocycles. The molecular weight excluding hydrogens is 737 g/mol. The second kappa shape index (κ2) is 14.0. The van der Waals surface area contributed by atoms with Crippen molar-refractivity contribution >= 4 is 55.0 Å².